The lowest BCUT2D eigenvalue weighted by Gasteiger charge is -2.43. The molecule has 1 aromatic carbocycles. The number of nitrogens with one attached hydrogen (secondary N) is 1. The van der Waals surface area contributed by atoms with Gasteiger partial charge < -0.3 is 19.7 Å². The molecular weight excluding hydrogens is 388 g/mol. The molecular formula is C22H30N2O4S. The Balaban J connectivity index is 1.77. The zero-order chi connectivity index (χ0) is 20.8. The Labute approximate surface area is 177 Å². The van der Waals surface area contributed by atoms with Crippen LogP contribution in [-0.4, -0.2) is 61.6 Å². The molecule has 6 nitrogen and oxygen atoms in total. The van der Waals surface area contributed by atoms with Crippen LogP contribution in [0.1, 0.15) is 36.8 Å². The number of nitrogens with zero attached hydrogens (tertiary/aromatic N) is 1. The highest BCUT2D eigenvalue weighted by Gasteiger charge is 2.41. The van der Waals surface area contributed by atoms with Gasteiger partial charge in [-0.15, -0.1) is 11.8 Å². The zero-order valence-corrected chi connectivity index (χ0v) is 18.2. The molecule has 2 unspecified atom stereocenters. The summed E-state index contributed by atoms with van der Waals surface area (Å²) in [6, 6.07) is 8.15. The average Bonchev–Trinajstić information content (AvgIpc) is 2.73. The van der Waals surface area contributed by atoms with E-state index in [1.807, 2.05) is 37.3 Å². The molecule has 158 valence electrons. The molecule has 2 atom stereocenters. The average molecular weight is 419 g/mol. The molecule has 2 aliphatic rings. The van der Waals surface area contributed by atoms with Gasteiger partial charge in [0, 0.05) is 25.5 Å². The Morgan fingerprint density at radius 1 is 1.28 bits per heavy atom. The van der Waals surface area contributed by atoms with E-state index in [2.05, 4.69) is 5.32 Å². The molecule has 0 bridgehead atoms. The lowest BCUT2D eigenvalue weighted by molar-refractivity contribution is -0.137. The fraction of sp³-hybridized carbons (Fsp3) is 0.545. The van der Waals surface area contributed by atoms with Gasteiger partial charge in [-0.2, -0.15) is 0 Å². The van der Waals surface area contributed by atoms with Gasteiger partial charge in [-0.05, 0) is 37.0 Å². The Bertz CT molecular complexity index is 763. The van der Waals surface area contributed by atoms with E-state index in [-0.39, 0.29) is 30.9 Å². The number of hydrogen-bond acceptors (Lipinski definition) is 5. The number of ether oxygens (including phenoxy) is 2. The van der Waals surface area contributed by atoms with E-state index in [0.717, 1.165) is 35.3 Å². The minimum atomic E-state index is -0.495. The van der Waals surface area contributed by atoms with Crippen LogP contribution in [0.3, 0.4) is 0 Å². The fourth-order valence-electron chi connectivity index (χ4n) is 3.92. The first kappa shape index (κ1) is 21.9. The number of hydrogen-bond donors (Lipinski definition) is 1. The van der Waals surface area contributed by atoms with Gasteiger partial charge in [-0.3, -0.25) is 9.59 Å². The highest BCUT2D eigenvalue weighted by Crippen LogP contribution is 2.42. The first-order valence-corrected chi connectivity index (χ1v) is 11.0. The van der Waals surface area contributed by atoms with Crippen molar-refractivity contribution < 1.29 is 19.1 Å². The van der Waals surface area contributed by atoms with E-state index >= 15 is 0 Å². The zero-order valence-electron chi connectivity index (χ0n) is 17.3. The van der Waals surface area contributed by atoms with Crippen LogP contribution in [-0.2, 0) is 19.1 Å². The van der Waals surface area contributed by atoms with Crippen molar-refractivity contribution in [2.24, 2.45) is 0 Å². The molecule has 0 aromatic heterocycles. The van der Waals surface area contributed by atoms with Crippen LogP contribution in [0.25, 0.3) is 6.08 Å². The second-order valence-electron chi connectivity index (χ2n) is 7.51. The van der Waals surface area contributed by atoms with Crippen molar-refractivity contribution in [3.8, 4) is 0 Å². The number of thioether (sulfide) groups is 1. The molecule has 1 saturated heterocycles. The number of carbonyl (C=O) groups excluding carboxylic acids is 2. The number of carbonyl (C=O) groups is 2. The molecule has 0 spiro atoms. The second kappa shape index (κ2) is 10.3. The van der Waals surface area contributed by atoms with Gasteiger partial charge in [0.2, 0.25) is 5.91 Å². The van der Waals surface area contributed by atoms with Gasteiger partial charge in [-0.25, -0.2) is 0 Å². The van der Waals surface area contributed by atoms with Crippen molar-refractivity contribution in [3.05, 3.63) is 40.3 Å². The first-order chi connectivity index (χ1) is 14.0. The molecule has 7 heteroatoms. The molecule has 1 aromatic rings. The smallest absolute Gasteiger partial charge is 0.261 e. The number of methoxy groups -OCH3 is 2. The summed E-state index contributed by atoms with van der Waals surface area (Å²) < 4.78 is 10.2. The number of amides is 2. The molecule has 1 aliphatic heterocycles. The standard InChI is InChI=1S/C22H30N2O4S/c1-15-8-4-5-9-16(15)12-19-22(26)24(17-10-6-7-11-18(17)29-19)14-20(25)23-13-21(27-2)28-3/h4-5,8-9,12,17-18,21H,6-7,10-11,13-14H2,1-3H3,(H,23,25)/b19-12-. The maximum atomic E-state index is 13.3. The minimum Gasteiger partial charge on any atom is -0.354 e. The molecule has 1 aliphatic carbocycles. The third-order valence-corrected chi connectivity index (χ3v) is 7.00. The molecule has 0 radical (unpaired) electrons. The maximum absolute atomic E-state index is 13.3. The van der Waals surface area contributed by atoms with Gasteiger partial charge in [0.15, 0.2) is 6.29 Å². The Morgan fingerprint density at radius 3 is 2.72 bits per heavy atom. The maximum Gasteiger partial charge on any atom is 0.261 e. The van der Waals surface area contributed by atoms with E-state index in [1.165, 1.54) is 20.6 Å². The minimum absolute atomic E-state index is 0.0495. The van der Waals surface area contributed by atoms with E-state index in [4.69, 9.17) is 9.47 Å². The van der Waals surface area contributed by atoms with Crippen molar-refractivity contribution in [3.63, 3.8) is 0 Å². The van der Waals surface area contributed by atoms with Gasteiger partial charge >= 0.3 is 0 Å². The first-order valence-electron chi connectivity index (χ1n) is 10.1. The quantitative estimate of drug-likeness (QED) is 0.545. The molecule has 1 heterocycles. The van der Waals surface area contributed by atoms with Crippen LogP contribution in [0.5, 0.6) is 0 Å². The molecule has 1 N–H and O–H groups in total. The van der Waals surface area contributed by atoms with Gasteiger partial charge in [-0.1, -0.05) is 37.1 Å². The fourth-order valence-corrected chi connectivity index (χ4v) is 5.39. The highest BCUT2D eigenvalue weighted by molar-refractivity contribution is 8.04. The van der Waals surface area contributed by atoms with Crippen molar-refractivity contribution in [1.82, 2.24) is 10.2 Å². The molecule has 3 rings (SSSR count). The summed E-state index contributed by atoms with van der Waals surface area (Å²) in [6.07, 6.45) is 5.77. The third-order valence-electron chi connectivity index (χ3n) is 5.60. The summed E-state index contributed by atoms with van der Waals surface area (Å²) in [4.78, 5) is 28.3. The predicted octanol–water partition coefficient (Wildman–Crippen LogP) is 2.96. The van der Waals surface area contributed by atoms with Crippen LogP contribution in [0.4, 0.5) is 0 Å². The SMILES string of the molecule is COC(CNC(=O)CN1C(=O)/C(=C/c2ccccc2C)SC2CCCCC21)OC. The molecule has 29 heavy (non-hydrogen) atoms. The number of aryl methyl sites for hydroxylation is 1. The summed E-state index contributed by atoms with van der Waals surface area (Å²) in [5.41, 5.74) is 2.18. The van der Waals surface area contributed by atoms with Crippen molar-refractivity contribution >= 4 is 29.7 Å². The van der Waals surface area contributed by atoms with Gasteiger partial charge in [0.05, 0.1) is 11.4 Å². The Hall–Kier alpha value is -1.83. The lowest BCUT2D eigenvalue weighted by Crippen LogP contribution is -2.54. The molecule has 1 saturated carbocycles. The summed E-state index contributed by atoms with van der Waals surface area (Å²) in [5, 5.41) is 3.16. The van der Waals surface area contributed by atoms with Crippen LogP contribution in [0.15, 0.2) is 29.2 Å². The second-order valence-corrected chi connectivity index (χ2v) is 8.79. The summed E-state index contributed by atoms with van der Waals surface area (Å²) >= 11 is 1.68. The monoisotopic (exact) mass is 418 g/mol. The number of rotatable bonds is 7. The van der Waals surface area contributed by atoms with E-state index in [1.54, 1.807) is 16.7 Å². The van der Waals surface area contributed by atoms with Crippen molar-refractivity contribution in [2.75, 3.05) is 27.3 Å². The van der Waals surface area contributed by atoms with Crippen LogP contribution in [0.2, 0.25) is 0 Å². The lowest BCUT2D eigenvalue weighted by atomic mass is 9.93. The Morgan fingerprint density at radius 2 is 2.00 bits per heavy atom. The van der Waals surface area contributed by atoms with Crippen LogP contribution in [0, 0.1) is 6.92 Å². The van der Waals surface area contributed by atoms with Gasteiger partial charge in [0.25, 0.3) is 5.91 Å². The molecule has 2 fully saturated rings. The van der Waals surface area contributed by atoms with E-state index in [9.17, 15) is 9.59 Å². The number of fused-ring (bicyclic) bond motifs is 1. The van der Waals surface area contributed by atoms with Crippen LogP contribution >= 0.6 is 11.8 Å². The van der Waals surface area contributed by atoms with Gasteiger partial charge in [0.1, 0.15) is 6.54 Å². The summed E-state index contributed by atoms with van der Waals surface area (Å²) in [6.45, 7) is 2.36. The number of benzene rings is 1. The normalized spacial score (nSPS) is 23.4. The summed E-state index contributed by atoms with van der Waals surface area (Å²) in [5.74, 6) is -0.240. The van der Waals surface area contributed by atoms with Crippen molar-refractivity contribution in [2.45, 2.75) is 50.2 Å². The third kappa shape index (κ3) is 5.41. The van der Waals surface area contributed by atoms with E-state index < -0.39 is 6.29 Å². The topological polar surface area (TPSA) is 67.9 Å². The largest absolute Gasteiger partial charge is 0.354 e. The van der Waals surface area contributed by atoms with Crippen molar-refractivity contribution in [1.29, 1.82) is 0 Å². The predicted molar refractivity (Wildman–Crippen MR) is 115 cm³/mol. The highest BCUT2D eigenvalue weighted by atomic mass is 32.2. The van der Waals surface area contributed by atoms with Crippen LogP contribution < -0.4 is 5.32 Å². The summed E-state index contributed by atoms with van der Waals surface area (Å²) in [7, 11) is 3.06. The molecule has 2 amide bonds. The van der Waals surface area contributed by atoms with E-state index in [0.29, 0.717) is 5.25 Å². The Kier molecular flexibility index (Phi) is 7.75.